The quantitative estimate of drug-likeness (QED) is 0.703. The minimum absolute atomic E-state index is 0.0887. The predicted octanol–water partition coefficient (Wildman–Crippen LogP) is 0.215. The highest BCUT2D eigenvalue weighted by molar-refractivity contribution is 5.76. The second kappa shape index (κ2) is 6.08. The van der Waals surface area contributed by atoms with E-state index in [1.54, 1.807) is 6.92 Å². The number of carbonyl (C=O) groups is 1. The molecule has 1 saturated heterocycles. The van der Waals surface area contributed by atoms with Gasteiger partial charge in [-0.15, -0.1) is 0 Å². The van der Waals surface area contributed by atoms with Crippen molar-refractivity contribution in [3.05, 3.63) is 0 Å². The van der Waals surface area contributed by atoms with Crippen LogP contribution in [0.2, 0.25) is 0 Å². The number of rotatable bonds is 4. The number of carbonyl (C=O) groups excluding carboxylic acids is 1. The van der Waals surface area contributed by atoms with Crippen LogP contribution in [0.4, 0.5) is 0 Å². The first-order chi connectivity index (χ1) is 7.13. The molecule has 1 rings (SSSR count). The molecule has 15 heavy (non-hydrogen) atoms. The molecular formula is C11H22N2O2. The Hall–Kier alpha value is -0.610. The van der Waals surface area contributed by atoms with Crippen molar-refractivity contribution >= 4 is 5.91 Å². The first-order valence-corrected chi connectivity index (χ1v) is 5.74. The normalized spacial score (nSPS) is 23.9. The van der Waals surface area contributed by atoms with Crippen LogP contribution in [-0.2, 0) is 4.79 Å². The van der Waals surface area contributed by atoms with Crippen LogP contribution >= 0.6 is 0 Å². The molecule has 4 nitrogen and oxygen atoms in total. The molecule has 1 fully saturated rings. The molecule has 0 radical (unpaired) electrons. The van der Waals surface area contributed by atoms with Crippen molar-refractivity contribution < 1.29 is 9.90 Å². The minimum Gasteiger partial charge on any atom is -0.393 e. The highest BCUT2D eigenvalue weighted by atomic mass is 16.3. The molecule has 88 valence electrons. The zero-order valence-electron chi connectivity index (χ0n) is 9.70. The van der Waals surface area contributed by atoms with E-state index < -0.39 is 6.10 Å². The molecule has 1 amide bonds. The summed E-state index contributed by atoms with van der Waals surface area (Å²) in [5, 5.41) is 12.3. The molecule has 4 heteroatoms. The summed E-state index contributed by atoms with van der Waals surface area (Å²) in [6.45, 7) is 4.32. The second-order valence-corrected chi connectivity index (χ2v) is 4.46. The van der Waals surface area contributed by atoms with Crippen molar-refractivity contribution in [1.29, 1.82) is 0 Å². The van der Waals surface area contributed by atoms with Gasteiger partial charge in [-0.05, 0) is 39.3 Å². The Kier molecular flexibility index (Phi) is 5.05. The van der Waals surface area contributed by atoms with Crippen LogP contribution in [0.15, 0.2) is 0 Å². The summed E-state index contributed by atoms with van der Waals surface area (Å²) < 4.78 is 0. The van der Waals surface area contributed by atoms with E-state index in [9.17, 15) is 4.79 Å². The van der Waals surface area contributed by atoms with E-state index in [0.717, 1.165) is 26.1 Å². The molecule has 0 bridgehead atoms. The van der Waals surface area contributed by atoms with Crippen LogP contribution < -0.4 is 5.32 Å². The van der Waals surface area contributed by atoms with E-state index in [-0.39, 0.29) is 12.3 Å². The fourth-order valence-corrected chi connectivity index (χ4v) is 2.13. The Morgan fingerprint density at radius 1 is 1.67 bits per heavy atom. The number of nitrogens with zero attached hydrogens (tertiary/aromatic N) is 1. The molecule has 0 aromatic rings. The van der Waals surface area contributed by atoms with Crippen LogP contribution in [0.5, 0.6) is 0 Å². The Labute approximate surface area is 91.6 Å². The summed E-state index contributed by atoms with van der Waals surface area (Å²) in [5.74, 6) is 0.660. The first kappa shape index (κ1) is 12.5. The number of piperidine rings is 1. The fraction of sp³-hybridized carbons (Fsp3) is 0.909. The van der Waals surface area contributed by atoms with Crippen molar-refractivity contribution in [3.8, 4) is 0 Å². The third-order valence-electron chi connectivity index (χ3n) is 2.83. The van der Waals surface area contributed by atoms with Crippen molar-refractivity contribution in [2.75, 3.05) is 26.7 Å². The fourth-order valence-electron chi connectivity index (χ4n) is 2.13. The van der Waals surface area contributed by atoms with Gasteiger partial charge in [0.1, 0.15) is 0 Å². The smallest absolute Gasteiger partial charge is 0.225 e. The highest BCUT2D eigenvalue weighted by Gasteiger charge is 2.23. The van der Waals surface area contributed by atoms with Gasteiger partial charge in [0.05, 0.1) is 12.5 Å². The molecule has 0 saturated carbocycles. The van der Waals surface area contributed by atoms with Gasteiger partial charge in [-0.1, -0.05) is 0 Å². The molecule has 0 aromatic carbocycles. The Morgan fingerprint density at radius 2 is 2.40 bits per heavy atom. The lowest BCUT2D eigenvalue weighted by atomic mass is 9.97. The number of aliphatic hydroxyl groups is 1. The number of amides is 1. The van der Waals surface area contributed by atoms with E-state index in [2.05, 4.69) is 5.32 Å². The molecule has 2 unspecified atom stereocenters. The second-order valence-electron chi connectivity index (χ2n) is 4.46. The van der Waals surface area contributed by atoms with Gasteiger partial charge in [-0.2, -0.15) is 0 Å². The van der Waals surface area contributed by atoms with Gasteiger partial charge >= 0.3 is 0 Å². The topological polar surface area (TPSA) is 52.6 Å². The lowest BCUT2D eigenvalue weighted by molar-refractivity contribution is -0.134. The number of hydrogen-bond acceptors (Lipinski definition) is 3. The van der Waals surface area contributed by atoms with Gasteiger partial charge in [0.15, 0.2) is 0 Å². The molecule has 0 aromatic heterocycles. The average Bonchev–Trinajstić information content (AvgIpc) is 2.17. The summed E-state index contributed by atoms with van der Waals surface area (Å²) in [7, 11) is 1.94. The van der Waals surface area contributed by atoms with E-state index in [1.807, 2.05) is 11.9 Å². The maximum atomic E-state index is 11.7. The van der Waals surface area contributed by atoms with Crippen LogP contribution in [0.25, 0.3) is 0 Å². The van der Waals surface area contributed by atoms with Crippen molar-refractivity contribution in [2.45, 2.75) is 32.3 Å². The number of likely N-dealkylation sites (tertiary alicyclic amines) is 1. The zero-order valence-corrected chi connectivity index (χ0v) is 9.70. The lowest BCUT2D eigenvalue weighted by Crippen LogP contribution is -2.43. The molecule has 2 N–H and O–H groups in total. The lowest BCUT2D eigenvalue weighted by Gasteiger charge is -2.33. The summed E-state index contributed by atoms with van der Waals surface area (Å²) in [6.07, 6.45) is 2.01. The minimum atomic E-state index is -0.526. The molecule has 2 atom stereocenters. The molecule has 1 aliphatic rings. The zero-order chi connectivity index (χ0) is 11.3. The molecular weight excluding hydrogens is 192 g/mol. The van der Waals surface area contributed by atoms with E-state index in [4.69, 9.17) is 5.11 Å². The maximum Gasteiger partial charge on any atom is 0.225 e. The summed E-state index contributed by atoms with van der Waals surface area (Å²) in [6, 6.07) is 0. The monoisotopic (exact) mass is 214 g/mol. The van der Waals surface area contributed by atoms with Gasteiger partial charge in [0.25, 0.3) is 0 Å². The molecule has 1 aliphatic heterocycles. The van der Waals surface area contributed by atoms with Gasteiger partial charge in [0.2, 0.25) is 5.91 Å². The van der Waals surface area contributed by atoms with E-state index in [0.29, 0.717) is 5.92 Å². The third kappa shape index (κ3) is 4.18. The Bertz CT molecular complexity index is 205. The Balaban J connectivity index is 2.38. The van der Waals surface area contributed by atoms with Gasteiger partial charge in [-0.3, -0.25) is 4.79 Å². The van der Waals surface area contributed by atoms with Crippen LogP contribution in [0.3, 0.4) is 0 Å². The molecule has 0 spiro atoms. The van der Waals surface area contributed by atoms with Gasteiger partial charge < -0.3 is 15.3 Å². The summed E-state index contributed by atoms with van der Waals surface area (Å²) in [5.41, 5.74) is 0. The standard InChI is InChI=1S/C11H22N2O2/c1-9(14)6-11(15)13-5-3-4-10(8-13)7-12-2/h9-10,12,14H,3-8H2,1-2H3. The van der Waals surface area contributed by atoms with Crippen molar-refractivity contribution in [2.24, 2.45) is 5.92 Å². The van der Waals surface area contributed by atoms with E-state index in [1.165, 1.54) is 6.42 Å². The highest BCUT2D eigenvalue weighted by Crippen LogP contribution is 2.16. The average molecular weight is 214 g/mol. The first-order valence-electron chi connectivity index (χ1n) is 5.74. The summed E-state index contributed by atoms with van der Waals surface area (Å²) in [4.78, 5) is 13.6. The maximum absolute atomic E-state index is 11.7. The van der Waals surface area contributed by atoms with Crippen LogP contribution in [0, 0.1) is 5.92 Å². The van der Waals surface area contributed by atoms with Crippen LogP contribution in [0.1, 0.15) is 26.2 Å². The van der Waals surface area contributed by atoms with Crippen molar-refractivity contribution in [3.63, 3.8) is 0 Å². The van der Waals surface area contributed by atoms with Gasteiger partial charge in [-0.25, -0.2) is 0 Å². The summed E-state index contributed by atoms with van der Waals surface area (Å²) >= 11 is 0. The van der Waals surface area contributed by atoms with Crippen LogP contribution in [-0.4, -0.2) is 48.7 Å². The largest absolute Gasteiger partial charge is 0.393 e. The SMILES string of the molecule is CNCC1CCCN(C(=O)CC(C)O)C1. The molecule has 0 aliphatic carbocycles. The Morgan fingerprint density at radius 3 is 3.00 bits per heavy atom. The predicted molar refractivity (Wildman–Crippen MR) is 59.5 cm³/mol. The third-order valence-corrected chi connectivity index (χ3v) is 2.83. The molecule has 1 heterocycles. The van der Waals surface area contributed by atoms with Crippen molar-refractivity contribution in [1.82, 2.24) is 10.2 Å². The number of aliphatic hydroxyl groups excluding tert-OH is 1. The van der Waals surface area contributed by atoms with Gasteiger partial charge in [0, 0.05) is 13.1 Å². The number of nitrogens with one attached hydrogen (secondary N) is 1. The number of hydrogen-bond donors (Lipinski definition) is 2. The van der Waals surface area contributed by atoms with E-state index >= 15 is 0 Å².